The van der Waals surface area contributed by atoms with Gasteiger partial charge in [0.2, 0.25) is 0 Å². The van der Waals surface area contributed by atoms with E-state index >= 15 is 0 Å². The highest BCUT2D eigenvalue weighted by molar-refractivity contribution is 5.93. The number of hydrogen-bond donors (Lipinski definition) is 4. The van der Waals surface area contributed by atoms with Crippen LogP contribution in [-0.2, 0) is 6.42 Å². The van der Waals surface area contributed by atoms with Crippen LogP contribution in [0.2, 0.25) is 0 Å². The van der Waals surface area contributed by atoms with Gasteiger partial charge >= 0.3 is 5.69 Å². The van der Waals surface area contributed by atoms with Crippen LogP contribution >= 0.6 is 0 Å². The van der Waals surface area contributed by atoms with Crippen LogP contribution in [-0.4, -0.2) is 33.7 Å². The van der Waals surface area contributed by atoms with Gasteiger partial charge in [-0.15, -0.1) is 0 Å². The van der Waals surface area contributed by atoms with E-state index in [-0.39, 0.29) is 23.6 Å². The molecule has 2 heterocycles. The van der Waals surface area contributed by atoms with E-state index in [9.17, 15) is 19.5 Å². The van der Waals surface area contributed by atoms with E-state index in [0.717, 1.165) is 29.5 Å². The number of ether oxygens (including phenoxy) is 1. The number of aliphatic hydroxyl groups is 1. The van der Waals surface area contributed by atoms with Gasteiger partial charge in [-0.1, -0.05) is 6.07 Å². The average Bonchev–Trinajstić information content (AvgIpc) is 3.04. The largest absolute Gasteiger partial charge is 0.493 e. The lowest BCUT2D eigenvalue weighted by atomic mass is 9.74. The first-order valence-corrected chi connectivity index (χ1v) is 8.58. The number of carbonyl (C=O) groups excluding carboxylic acids is 1. The molecule has 1 saturated carbocycles. The van der Waals surface area contributed by atoms with Crippen LogP contribution in [0.25, 0.3) is 0 Å². The Hall–Kier alpha value is -2.87. The zero-order valence-corrected chi connectivity index (χ0v) is 14.0. The molecule has 1 unspecified atom stereocenters. The number of carbonyl (C=O) groups is 1. The molecule has 8 nitrogen and oxygen atoms in total. The second kappa shape index (κ2) is 6.45. The maximum atomic E-state index is 12.6. The second-order valence-corrected chi connectivity index (χ2v) is 6.79. The molecule has 1 aliphatic heterocycles. The van der Waals surface area contributed by atoms with E-state index in [0.29, 0.717) is 19.4 Å². The van der Waals surface area contributed by atoms with E-state index in [1.165, 1.54) is 0 Å². The SMILES string of the molecule is O=C(NC(c1ccc2c(c1)CCO2)C1CC(O)C1)c1c[nH]c(=O)[nH]c1=O. The summed E-state index contributed by atoms with van der Waals surface area (Å²) in [6.45, 7) is 0.644. The highest BCUT2D eigenvalue weighted by Gasteiger charge is 2.36. The Bertz CT molecular complexity index is 958. The summed E-state index contributed by atoms with van der Waals surface area (Å²) in [4.78, 5) is 39.9. The summed E-state index contributed by atoms with van der Waals surface area (Å²) in [5, 5.41) is 12.6. The molecule has 4 N–H and O–H groups in total. The van der Waals surface area contributed by atoms with Crippen LogP contribution < -0.4 is 21.3 Å². The minimum absolute atomic E-state index is 0.0798. The lowest BCUT2D eigenvalue weighted by Crippen LogP contribution is -2.43. The Morgan fingerprint density at radius 3 is 2.85 bits per heavy atom. The minimum atomic E-state index is -0.735. The fraction of sp³-hybridized carbons (Fsp3) is 0.389. The fourth-order valence-corrected chi connectivity index (χ4v) is 3.57. The Morgan fingerprint density at radius 2 is 2.12 bits per heavy atom. The molecule has 136 valence electrons. The van der Waals surface area contributed by atoms with Crippen molar-refractivity contribution in [1.82, 2.24) is 15.3 Å². The van der Waals surface area contributed by atoms with Gasteiger partial charge in [-0.25, -0.2) is 4.79 Å². The summed E-state index contributed by atoms with van der Waals surface area (Å²) in [6, 6.07) is 5.47. The lowest BCUT2D eigenvalue weighted by Gasteiger charge is -2.38. The smallest absolute Gasteiger partial charge is 0.325 e. The van der Waals surface area contributed by atoms with Gasteiger partial charge in [0.05, 0.1) is 18.8 Å². The molecule has 2 aliphatic rings. The van der Waals surface area contributed by atoms with Crippen LogP contribution in [0.15, 0.2) is 34.0 Å². The Balaban J connectivity index is 1.62. The number of nitrogens with one attached hydrogen (secondary N) is 3. The van der Waals surface area contributed by atoms with Crippen LogP contribution in [0.4, 0.5) is 0 Å². The van der Waals surface area contributed by atoms with Crippen molar-refractivity contribution in [3.63, 3.8) is 0 Å². The summed E-state index contributed by atoms with van der Waals surface area (Å²) in [6.07, 6.45) is 2.73. The average molecular weight is 357 g/mol. The number of aromatic nitrogens is 2. The summed E-state index contributed by atoms with van der Waals surface area (Å²) in [7, 11) is 0. The molecule has 1 aliphatic carbocycles. The number of amides is 1. The highest BCUT2D eigenvalue weighted by Crippen LogP contribution is 2.39. The third-order valence-electron chi connectivity index (χ3n) is 5.04. The number of H-pyrrole nitrogens is 2. The molecule has 1 aromatic heterocycles. The van der Waals surface area contributed by atoms with Crippen molar-refractivity contribution in [2.45, 2.75) is 31.4 Å². The molecule has 8 heteroatoms. The number of fused-ring (bicyclic) bond motifs is 1. The van der Waals surface area contributed by atoms with E-state index in [2.05, 4.69) is 10.3 Å². The van der Waals surface area contributed by atoms with Gasteiger partial charge in [0.15, 0.2) is 0 Å². The predicted octanol–water partition coefficient (Wildman–Crippen LogP) is 0.240. The van der Waals surface area contributed by atoms with E-state index in [1.807, 2.05) is 23.2 Å². The first-order valence-electron chi connectivity index (χ1n) is 8.58. The van der Waals surface area contributed by atoms with Crippen LogP contribution in [0, 0.1) is 5.92 Å². The number of benzene rings is 1. The van der Waals surface area contributed by atoms with Crippen molar-refractivity contribution < 1.29 is 14.6 Å². The Kier molecular flexibility index (Phi) is 4.12. The molecule has 1 fully saturated rings. The molecule has 26 heavy (non-hydrogen) atoms. The third-order valence-corrected chi connectivity index (χ3v) is 5.04. The standard InChI is InChI=1S/C18H19N3O5/c22-12-6-11(7-12)15(10-1-2-14-9(5-10)3-4-26-14)20-16(23)13-8-19-18(25)21-17(13)24/h1-2,5,8,11-12,15,22H,3-4,6-7H2,(H,20,23)(H2,19,21,24,25). The quantitative estimate of drug-likeness (QED) is 0.624. The molecule has 0 bridgehead atoms. The summed E-state index contributed by atoms with van der Waals surface area (Å²) >= 11 is 0. The van der Waals surface area contributed by atoms with E-state index in [1.54, 1.807) is 0 Å². The molecule has 1 atom stereocenters. The van der Waals surface area contributed by atoms with Crippen LogP contribution in [0.1, 0.15) is 40.4 Å². The Morgan fingerprint density at radius 1 is 1.31 bits per heavy atom. The van der Waals surface area contributed by atoms with Crippen molar-refractivity contribution in [2.24, 2.45) is 5.92 Å². The van der Waals surface area contributed by atoms with Crippen molar-refractivity contribution in [3.05, 3.63) is 61.9 Å². The van der Waals surface area contributed by atoms with Gasteiger partial charge in [-0.3, -0.25) is 14.6 Å². The topological polar surface area (TPSA) is 124 Å². The molecule has 0 spiro atoms. The predicted molar refractivity (Wildman–Crippen MR) is 92.3 cm³/mol. The minimum Gasteiger partial charge on any atom is -0.493 e. The van der Waals surface area contributed by atoms with Crippen molar-refractivity contribution in [2.75, 3.05) is 6.61 Å². The summed E-state index contributed by atoms with van der Waals surface area (Å²) in [5.41, 5.74) is 0.452. The van der Waals surface area contributed by atoms with Crippen LogP contribution in [0.3, 0.4) is 0 Å². The number of rotatable bonds is 4. The fourth-order valence-electron chi connectivity index (χ4n) is 3.57. The Labute approximate surface area is 148 Å². The normalized spacial score (nSPS) is 22.0. The van der Waals surface area contributed by atoms with Crippen molar-refractivity contribution >= 4 is 5.91 Å². The molecular weight excluding hydrogens is 338 g/mol. The molecule has 0 radical (unpaired) electrons. The number of hydrogen-bond acceptors (Lipinski definition) is 5. The summed E-state index contributed by atoms with van der Waals surface area (Å²) < 4.78 is 5.52. The van der Waals surface area contributed by atoms with Gasteiger partial charge in [0.1, 0.15) is 11.3 Å². The first kappa shape index (κ1) is 16.6. The van der Waals surface area contributed by atoms with Gasteiger partial charge in [-0.2, -0.15) is 0 Å². The second-order valence-electron chi connectivity index (χ2n) is 6.79. The third kappa shape index (κ3) is 3.03. The van der Waals surface area contributed by atoms with E-state index in [4.69, 9.17) is 4.74 Å². The van der Waals surface area contributed by atoms with Gasteiger partial charge in [0, 0.05) is 12.6 Å². The molecule has 0 saturated heterocycles. The maximum absolute atomic E-state index is 12.6. The maximum Gasteiger partial charge on any atom is 0.325 e. The van der Waals surface area contributed by atoms with Gasteiger partial charge < -0.3 is 20.1 Å². The number of aliphatic hydroxyl groups excluding tert-OH is 1. The molecule has 4 rings (SSSR count). The van der Waals surface area contributed by atoms with Crippen molar-refractivity contribution in [1.29, 1.82) is 0 Å². The number of aromatic amines is 2. The molecule has 2 aromatic rings. The van der Waals surface area contributed by atoms with Crippen LogP contribution in [0.5, 0.6) is 5.75 Å². The molecule has 1 amide bonds. The van der Waals surface area contributed by atoms with Gasteiger partial charge in [0.25, 0.3) is 11.5 Å². The highest BCUT2D eigenvalue weighted by atomic mass is 16.5. The molecular formula is C18H19N3O5. The van der Waals surface area contributed by atoms with Crippen molar-refractivity contribution in [3.8, 4) is 5.75 Å². The van der Waals surface area contributed by atoms with E-state index < -0.39 is 17.2 Å². The first-order chi connectivity index (χ1) is 12.5. The zero-order chi connectivity index (χ0) is 18.3. The summed E-state index contributed by atoms with van der Waals surface area (Å²) in [5.74, 6) is 0.367. The monoisotopic (exact) mass is 357 g/mol. The molecule has 1 aromatic carbocycles. The lowest BCUT2D eigenvalue weighted by molar-refractivity contribution is 0.0235. The van der Waals surface area contributed by atoms with Gasteiger partial charge in [-0.05, 0) is 42.0 Å². The zero-order valence-electron chi connectivity index (χ0n) is 14.0.